The summed E-state index contributed by atoms with van der Waals surface area (Å²) >= 11 is 10.0. The predicted octanol–water partition coefficient (Wildman–Crippen LogP) is -16.7. The van der Waals surface area contributed by atoms with Crippen molar-refractivity contribution >= 4 is 64.4 Å². The van der Waals surface area contributed by atoms with Gasteiger partial charge in [0.05, 0.1) is 83.7 Å². The lowest BCUT2D eigenvalue weighted by atomic mass is 9.90. The summed E-state index contributed by atoms with van der Waals surface area (Å²) in [5.74, 6) is -9.68. The van der Waals surface area contributed by atoms with E-state index in [0.717, 1.165) is 35.3 Å². The zero-order valence-electron chi connectivity index (χ0n) is 63.7. The molecular formula is C66H118N2O45S5. The maximum Gasteiger partial charge on any atom is 0.245 e. The highest BCUT2D eigenvalue weighted by Gasteiger charge is 2.62. The van der Waals surface area contributed by atoms with Crippen LogP contribution < -0.4 is 10.6 Å². The third-order valence-electron chi connectivity index (χ3n) is 21.2. The van der Waals surface area contributed by atoms with Crippen molar-refractivity contribution in [2.24, 2.45) is 11.3 Å². The highest BCUT2D eigenvalue weighted by Crippen LogP contribution is 2.41. The Morgan fingerprint density at radius 3 is 1.04 bits per heavy atom. The molecule has 118 heavy (non-hydrogen) atoms. The molecule has 52 heteroatoms. The average Bonchev–Trinajstić information content (AvgIpc) is 0.771. The van der Waals surface area contributed by atoms with Gasteiger partial charge in [-0.25, -0.2) is 0 Å². The molecule has 8 aliphatic heterocycles. The number of ether oxygens (including phenoxy) is 15. The highest BCUT2D eigenvalue weighted by atomic mass is 32.2. The molecule has 0 radical (unpaired) electrons. The summed E-state index contributed by atoms with van der Waals surface area (Å²) in [6.07, 6.45) is -58.4. The van der Waals surface area contributed by atoms with E-state index < -0.39 is 294 Å². The first-order valence-electron chi connectivity index (χ1n) is 38.1. The van der Waals surface area contributed by atoms with E-state index in [0.29, 0.717) is 5.75 Å². The fourth-order valence-electron chi connectivity index (χ4n) is 13.9. The van der Waals surface area contributed by atoms with Gasteiger partial charge in [-0.1, -0.05) is 6.92 Å². The Balaban J connectivity index is 0.932. The number of hydrogen-bond donors (Lipinski definition) is 32. The molecule has 0 aromatic carbocycles. The van der Waals surface area contributed by atoms with Crippen molar-refractivity contribution in [3.8, 4) is 0 Å². The first-order chi connectivity index (χ1) is 55.8. The number of nitrogens with one attached hydrogen (secondary N) is 2. The van der Waals surface area contributed by atoms with Crippen molar-refractivity contribution in [1.29, 1.82) is 0 Å². The monoisotopic (exact) mass is 1820 g/mol. The van der Waals surface area contributed by atoms with Crippen LogP contribution in [0.2, 0.25) is 0 Å². The fraction of sp³-hybridized carbons (Fsp3) is 0.985. The van der Waals surface area contributed by atoms with Gasteiger partial charge in [0.25, 0.3) is 0 Å². The molecule has 47 nitrogen and oxygen atoms in total. The van der Waals surface area contributed by atoms with E-state index in [-0.39, 0.29) is 100 Å². The zero-order valence-corrected chi connectivity index (χ0v) is 67.8. The van der Waals surface area contributed by atoms with Gasteiger partial charge in [0.15, 0.2) is 17.7 Å². The summed E-state index contributed by atoms with van der Waals surface area (Å²) in [6.45, 7) is -5.01. The molecule has 692 valence electrons. The van der Waals surface area contributed by atoms with Crippen LogP contribution in [0, 0.1) is 11.3 Å². The standard InChI is InChI=1S/C66H118N2O45S5/c1-25-33(103-55(43(85)34(25)76)110-47-29(16-72)102-54(92)42(84)38(47)80)20-115-12-5-67-62(114)68-21-63(22-99-6-2-9-116-56-44(86)39(81)48(30(17-73)104-56)111-59-64(93,94)51(89)35(77)26(13-69)107-59,23-100-7-3-10-117-57-45(87)40(82)49(31(18-74)105-57)112-60-65(95,96)52(90)36(78)27(14-70)108-60)24-101-8-4-11-118-58-46(88)41(83)50(32(19-75)106-58)113-61-66(97,98)53(91)37(79)28(15-71)109-61/h25-61,69-98H,2-24H2,1H3,(H2,67,68,114)/t25-,26?,27?,28?,29?,30?,31?,32?,33?,34-,35-,36-,37-,38+,39+,40+,41+,42?,43?,44?,45?,46?,47-,48-,49-,50-,51-,52-,53-,54+,55-,56-,57-,58-,59-,60-,61-,63?/m0/s1. The Kier molecular flexibility index (Phi) is 40.9. The minimum absolute atomic E-state index is 0.0332. The number of thioether (sulfide) groups is 4. The van der Waals surface area contributed by atoms with Crippen molar-refractivity contribution in [2.45, 2.75) is 262 Å². The summed E-state index contributed by atoms with van der Waals surface area (Å²) in [4.78, 5) is 0. The molecule has 8 heterocycles. The second-order valence-corrected chi connectivity index (χ2v) is 35.0. The fourth-order valence-corrected chi connectivity index (χ4v) is 18.4. The maximum absolute atomic E-state index is 11.3. The summed E-state index contributed by atoms with van der Waals surface area (Å²) in [5, 5.41) is 323. The Bertz CT molecular complexity index is 2700. The van der Waals surface area contributed by atoms with Crippen LogP contribution in [0.15, 0.2) is 0 Å². The average molecular weight is 1820 g/mol. The number of aliphatic hydroxyl groups is 30. The second kappa shape index (κ2) is 47.0. The van der Waals surface area contributed by atoms with E-state index in [2.05, 4.69) is 10.6 Å². The molecule has 0 amide bonds. The van der Waals surface area contributed by atoms with Gasteiger partial charge < -0.3 is 235 Å². The quantitative estimate of drug-likeness (QED) is 0.0153. The van der Waals surface area contributed by atoms with Gasteiger partial charge in [-0.15, -0.1) is 35.3 Å². The van der Waals surface area contributed by atoms with E-state index in [1.165, 1.54) is 11.8 Å². The first kappa shape index (κ1) is 103. The van der Waals surface area contributed by atoms with Gasteiger partial charge in [-0.2, -0.15) is 11.8 Å². The highest BCUT2D eigenvalue weighted by molar-refractivity contribution is 8.00. The van der Waals surface area contributed by atoms with Crippen molar-refractivity contribution < 1.29 is 224 Å². The molecule has 0 aliphatic carbocycles. The summed E-state index contributed by atoms with van der Waals surface area (Å²) in [6, 6.07) is 0. The molecule has 8 saturated heterocycles. The molecular weight excluding hydrogens is 1700 g/mol. The van der Waals surface area contributed by atoms with Gasteiger partial charge in [-0.3, -0.25) is 0 Å². The molecule has 13 unspecified atom stereocenters. The summed E-state index contributed by atoms with van der Waals surface area (Å²) in [7, 11) is 0. The predicted molar refractivity (Wildman–Crippen MR) is 399 cm³/mol. The van der Waals surface area contributed by atoms with Crippen LogP contribution in [-0.4, -0.2) is 522 Å². The number of hydrogen-bond acceptors (Lipinski definition) is 50. The normalized spacial score (nSPS) is 43.3. The Hall–Kier alpha value is -0.710. The van der Waals surface area contributed by atoms with Gasteiger partial charge in [0.1, 0.15) is 175 Å². The van der Waals surface area contributed by atoms with E-state index in [1.807, 2.05) is 0 Å². The van der Waals surface area contributed by atoms with Crippen LogP contribution in [-0.2, 0) is 71.1 Å². The SMILES string of the molecule is C[C@H]1C(CSCCNC(=S)NCC(COCCCS[C@@H]2OC(CO)[C@H](O[C@@H]3OC(CO)[C@H](O)[C@H](O)C3(O)O)[C@H](O)C2O)(COCCCS[C@@H]2OC(CO)[C@H](O[C@@H]3OC(CO)[C@H](O)[C@H](O)C3(O)O)[C@H](O)C2O)COCCCS[C@@H]2OC(CO)[C@H](O[C@@H]3OC(CO)[C@H](O)[C@H](O)C3(O)O)[C@H](O)C2O)O[C@@H](O[C@H]2C(CO)O[C@@H](O)C(O)[C@H]2O)C(O)[C@H]1O. The Labute approximate surface area is 697 Å². The molecule has 0 spiro atoms. The van der Waals surface area contributed by atoms with Crippen LogP contribution in [0.3, 0.4) is 0 Å². The second-order valence-electron chi connectivity index (χ2n) is 29.9. The van der Waals surface area contributed by atoms with Crippen LogP contribution in [0.4, 0.5) is 0 Å². The summed E-state index contributed by atoms with van der Waals surface area (Å²) in [5.41, 5.74) is -5.00. The number of rotatable bonds is 43. The molecule has 0 bridgehead atoms. The molecule has 0 aromatic heterocycles. The van der Waals surface area contributed by atoms with Gasteiger partial charge >= 0.3 is 0 Å². The molecule has 0 saturated carbocycles. The smallest absolute Gasteiger partial charge is 0.245 e. The minimum atomic E-state index is -3.32. The van der Waals surface area contributed by atoms with E-state index in [4.69, 9.17) is 83.3 Å². The molecule has 8 fully saturated rings. The van der Waals surface area contributed by atoms with E-state index in [1.54, 1.807) is 6.92 Å². The van der Waals surface area contributed by atoms with Crippen molar-refractivity contribution in [3.05, 3.63) is 0 Å². The Morgan fingerprint density at radius 1 is 0.364 bits per heavy atom. The third-order valence-corrected chi connectivity index (χ3v) is 26.3. The maximum atomic E-state index is 11.3. The van der Waals surface area contributed by atoms with Gasteiger partial charge in [0.2, 0.25) is 36.2 Å². The van der Waals surface area contributed by atoms with Crippen LogP contribution in [0.5, 0.6) is 0 Å². The van der Waals surface area contributed by atoms with Crippen LogP contribution in [0.25, 0.3) is 0 Å². The molecule has 37 atom stereocenters. The van der Waals surface area contributed by atoms with E-state index >= 15 is 0 Å². The van der Waals surface area contributed by atoms with Crippen LogP contribution >= 0.6 is 59.3 Å². The van der Waals surface area contributed by atoms with Crippen molar-refractivity contribution in [2.75, 3.05) is 128 Å². The lowest BCUT2D eigenvalue weighted by molar-refractivity contribution is -0.421. The minimum Gasteiger partial charge on any atom is -0.394 e. The van der Waals surface area contributed by atoms with Crippen LogP contribution in [0.1, 0.15) is 26.2 Å². The molecule has 8 aliphatic rings. The largest absolute Gasteiger partial charge is 0.394 e. The van der Waals surface area contributed by atoms with Crippen molar-refractivity contribution in [3.63, 3.8) is 0 Å². The molecule has 8 rings (SSSR count). The molecule has 0 aromatic rings. The lowest BCUT2D eigenvalue weighted by Crippen LogP contribution is -2.69. The first-order valence-corrected chi connectivity index (χ1v) is 42.8. The molecule has 32 N–H and O–H groups in total. The summed E-state index contributed by atoms with van der Waals surface area (Å²) < 4.78 is 86.2. The van der Waals surface area contributed by atoms with Gasteiger partial charge in [-0.05, 0) is 48.7 Å². The number of thiocarbonyl (C=S) groups is 1. The Morgan fingerprint density at radius 2 is 0.695 bits per heavy atom. The third kappa shape index (κ3) is 25.0. The zero-order chi connectivity index (χ0) is 87.1. The van der Waals surface area contributed by atoms with Crippen molar-refractivity contribution in [1.82, 2.24) is 10.6 Å². The van der Waals surface area contributed by atoms with Gasteiger partial charge in [0, 0.05) is 50.3 Å². The lowest BCUT2D eigenvalue weighted by Gasteiger charge is -2.48. The van der Waals surface area contributed by atoms with E-state index in [9.17, 15) is 153 Å². The topological polar surface area (TPSA) is 769 Å². The number of aliphatic hydroxyl groups excluding tert-OH is 24.